The normalized spacial score (nSPS) is 13.7. The van der Waals surface area contributed by atoms with Crippen molar-refractivity contribution in [1.29, 1.82) is 0 Å². The summed E-state index contributed by atoms with van der Waals surface area (Å²) in [5.41, 5.74) is 5.25. The summed E-state index contributed by atoms with van der Waals surface area (Å²) in [5, 5.41) is 0.653. The minimum absolute atomic E-state index is 0.0242. The second-order valence-electron chi connectivity index (χ2n) is 14.5. The fourth-order valence-electron chi connectivity index (χ4n) is 6.10. The van der Waals surface area contributed by atoms with Crippen molar-refractivity contribution < 1.29 is 54.9 Å². The molecule has 1 saturated heterocycles. The molecule has 2 aromatic heterocycles. The molecule has 0 aliphatic carbocycles. The number of carbonyl (C=O) groups excluding carboxylic acids is 2. The summed E-state index contributed by atoms with van der Waals surface area (Å²) < 4.78 is 100. The number of nitrogens with two attached hydrogens (primary N) is 1. The third-order valence-electron chi connectivity index (χ3n) is 8.88. The lowest BCUT2D eigenvalue weighted by atomic mass is 9.97. The van der Waals surface area contributed by atoms with Crippen molar-refractivity contribution in [2.24, 2.45) is 0 Å². The lowest BCUT2D eigenvalue weighted by Gasteiger charge is -2.31. The highest BCUT2D eigenvalue weighted by Crippen LogP contribution is 2.43. The monoisotopic (exact) mass is 878 g/mol. The van der Waals surface area contributed by atoms with Crippen molar-refractivity contribution in [1.82, 2.24) is 19.9 Å². The standard InChI is InChI=1S/C40H49F3N6O9S2/c1-40(2,3)58-33(51)14-19-55-21-23-57-25-24-56-22-20-54-18-13-32(50)49-16-11-26(12-17-49)38-47-35(36(59-38)31-10-15-45-39(44)46-31)27-6-4-9-30(34(27)43)48-60(52,53)37-28(41)7-5-8-29(37)42/h4-10,15,26,48H,11-14,16-25H2,1-3H3,(H2,44,45,46). The van der Waals surface area contributed by atoms with E-state index < -0.39 is 43.7 Å². The van der Waals surface area contributed by atoms with Crippen LogP contribution in [0.25, 0.3) is 21.8 Å². The van der Waals surface area contributed by atoms with Gasteiger partial charge < -0.3 is 34.3 Å². The van der Waals surface area contributed by atoms with Gasteiger partial charge in [-0.2, -0.15) is 0 Å². The average Bonchev–Trinajstić information content (AvgIpc) is 3.63. The highest BCUT2D eigenvalue weighted by atomic mass is 32.2. The summed E-state index contributed by atoms with van der Waals surface area (Å²) in [6, 6.07) is 8.11. The van der Waals surface area contributed by atoms with E-state index in [0.717, 1.165) is 24.3 Å². The first-order valence-corrected chi connectivity index (χ1v) is 21.6. The fourth-order valence-corrected chi connectivity index (χ4v) is 8.52. The number of piperidine rings is 1. The highest BCUT2D eigenvalue weighted by molar-refractivity contribution is 7.92. The summed E-state index contributed by atoms with van der Waals surface area (Å²) in [6.45, 7) is 8.96. The van der Waals surface area contributed by atoms with Gasteiger partial charge in [-0.3, -0.25) is 14.3 Å². The van der Waals surface area contributed by atoms with Crippen LogP contribution in [0.3, 0.4) is 0 Å². The second kappa shape index (κ2) is 21.7. The van der Waals surface area contributed by atoms with E-state index >= 15 is 4.39 Å². The molecule has 4 aromatic rings. The van der Waals surface area contributed by atoms with Crippen molar-refractivity contribution in [3.63, 3.8) is 0 Å². The van der Waals surface area contributed by atoms with E-state index in [0.29, 0.717) is 81.2 Å². The Labute approximate surface area is 350 Å². The minimum atomic E-state index is -4.87. The third-order valence-corrected chi connectivity index (χ3v) is 11.5. The number of hydrogen-bond acceptors (Lipinski definition) is 14. The van der Waals surface area contributed by atoms with Gasteiger partial charge in [0, 0.05) is 30.8 Å². The molecular formula is C40H49F3N6O9S2. The Morgan fingerprint density at radius 2 is 1.43 bits per heavy atom. The van der Waals surface area contributed by atoms with Crippen molar-refractivity contribution in [3.8, 4) is 21.8 Å². The Balaban J connectivity index is 1.08. The van der Waals surface area contributed by atoms with E-state index in [2.05, 4.69) is 9.97 Å². The molecule has 20 heteroatoms. The number of sulfonamides is 1. The first-order chi connectivity index (χ1) is 28.6. The average molecular weight is 879 g/mol. The molecule has 0 radical (unpaired) electrons. The van der Waals surface area contributed by atoms with Gasteiger partial charge in [-0.15, -0.1) is 11.3 Å². The Bertz CT molecular complexity index is 2160. The number of aromatic nitrogens is 3. The number of nitrogens with zero attached hydrogens (tertiary/aromatic N) is 4. The van der Waals surface area contributed by atoms with Gasteiger partial charge in [0.15, 0.2) is 10.7 Å². The largest absolute Gasteiger partial charge is 0.460 e. The molecule has 2 aromatic carbocycles. The zero-order valence-electron chi connectivity index (χ0n) is 33.6. The number of amides is 1. The van der Waals surface area contributed by atoms with Crippen molar-refractivity contribution >= 4 is 44.9 Å². The number of anilines is 2. The van der Waals surface area contributed by atoms with Crippen molar-refractivity contribution in [2.45, 2.75) is 62.9 Å². The molecule has 1 amide bonds. The first kappa shape index (κ1) is 46.3. The number of nitrogen functional groups attached to an aromatic ring is 1. The molecule has 326 valence electrons. The van der Waals surface area contributed by atoms with Crippen LogP contribution in [0.2, 0.25) is 0 Å². The molecule has 1 fully saturated rings. The summed E-state index contributed by atoms with van der Waals surface area (Å²) in [6.07, 6.45) is 2.98. The van der Waals surface area contributed by atoms with E-state index in [9.17, 15) is 26.8 Å². The number of likely N-dealkylation sites (tertiary alicyclic amines) is 1. The van der Waals surface area contributed by atoms with Gasteiger partial charge in [0.1, 0.15) is 17.2 Å². The van der Waals surface area contributed by atoms with Crippen LogP contribution in [0.15, 0.2) is 53.6 Å². The van der Waals surface area contributed by atoms with E-state index in [1.54, 1.807) is 11.0 Å². The topological polar surface area (TPSA) is 194 Å². The summed E-state index contributed by atoms with van der Waals surface area (Å²) in [5.74, 6) is -4.15. The predicted molar refractivity (Wildman–Crippen MR) is 217 cm³/mol. The number of nitrogens with one attached hydrogen (secondary N) is 1. The van der Waals surface area contributed by atoms with Crippen LogP contribution in [0, 0.1) is 17.5 Å². The molecular weight excluding hydrogens is 830 g/mol. The Morgan fingerprint density at radius 3 is 2.03 bits per heavy atom. The van der Waals surface area contributed by atoms with Gasteiger partial charge in [-0.25, -0.2) is 36.5 Å². The maximum Gasteiger partial charge on any atom is 0.308 e. The lowest BCUT2D eigenvalue weighted by molar-refractivity contribution is -0.156. The van der Waals surface area contributed by atoms with Crippen LogP contribution < -0.4 is 10.5 Å². The lowest BCUT2D eigenvalue weighted by Crippen LogP contribution is -2.38. The molecule has 0 unspecified atom stereocenters. The Kier molecular flexibility index (Phi) is 16.7. The van der Waals surface area contributed by atoms with Gasteiger partial charge in [-0.1, -0.05) is 12.1 Å². The number of benzene rings is 2. The quantitative estimate of drug-likeness (QED) is 0.0736. The molecule has 1 aliphatic heterocycles. The summed E-state index contributed by atoms with van der Waals surface area (Å²) in [4.78, 5) is 38.7. The number of hydrogen-bond donors (Lipinski definition) is 2. The molecule has 1 aliphatic rings. The smallest absolute Gasteiger partial charge is 0.308 e. The maximum absolute atomic E-state index is 16.2. The summed E-state index contributed by atoms with van der Waals surface area (Å²) >= 11 is 1.27. The molecule has 3 N–H and O–H groups in total. The minimum Gasteiger partial charge on any atom is -0.460 e. The Morgan fingerprint density at radius 1 is 0.850 bits per heavy atom. The van der Waals surface area contributed by atoms with E-state index in [1.807, 2.05) is 25.5 Å². The number of esters is 1. The van der Waals surface area contributed by atoms with E-state index in [-0.39, 0.29) is 61.1 Å². The van der Waals surface area contributed by atoms with Crippen LogP contribution in [-0.2, 0) is 43.3 Å². The number of thiazole rings is 1. The highest BCUT2D eigenvalue weighted by Gasteiger charge is 2.30. The molecule has 5 rings (SSSR count). The number of ether oxygens (including phenoxy) is 5. The molecule has 0 atom stereocenters. The fraction of sp³-hybridized carbons (Fsp3) is 0.475. The zero-order chi connectivity index (χ0) is 43.3. The van der Waals surface area contributed by atoms with Crippen molar-refractivity contribution in [3.05, 3.63) is 71.1 Å². The van der Waals surface area contributed by atoms with Gasteiger partial charge >= 0.3 is 5.97 Å². The molecule has 0 saturated carbocycles. The zero-order valence-corrected chi connectivity index (χ0v) is 35.2. The third kappa shape index (κ3) is 13.4. The first-order valence-electron chi connectivity index (χ1n) is 19.3. The summed E-state index contributed by atoms with van der Waals surface area (Å²) in [7, 11) is -4.87. The molecule has 60 heavy (non-hydrogen) atoms. The van der Waals surface area contributed by atoms with Crippen LogP contribution in [-0.4, -0.2) is 112 Å². The molecule has 3 heterocycles. The van der Waals surface area contributed by atoms with Crippen LogP contribution in [0.5, 0.6) is 0 Å². The van der Waals surface area contributed by atoms with Gasteiger partial charge in [0.25, 0.3) is 10.0 Å². The number of carbonyl (C=O) groups is 2. The van der Waals surface area contributed by atoms with E-state index in [4.69, 9.17) is 34.4 Å². The maximum atomic E-state index is 16.2. The van der Waals surface area contributed by atoms with Gasteiger partial charge in [-0.05, 0) is 63.9 Å². The number of rotatable bonds is 21. The number of halogens is 3. The molecule has 15 nitrogen and oxygen atoms in total. The van der Waals surface area contributed by atoms with Crippen LogP contribution in [0.1, 0.15) is 57.4 Å². The molecule has 0 spiro atoms. The Hall–Kier alpha value is -4.73. The second-order valence-corrected chi connectivity index (χ2v) is 17.2. The van der Waals surface area contributed by atoms with Crippen molar-refractivity contribution in [2.75, 3.05) is 76.4 Å². The van der Waals surface area contributed by atoms with Crippen LogP contribution in [0.4, 0.5) is 24.8 Å². The predicted octanol–water partition coefficient (Wildman–Crippen LogP) is 5.96. The SMILES string of the molecule is CC(C)(C)OC(=O)CCOCCOCCOCCOCCC(=O)N1CCC(c2nc(-c3cccc(NS(=O)(=O)c4c(F)cccc4F)c3F)c(-c3ccnc(N)n3)s2)CC1. The van der Waals surface area contributed by atoms with Gasteiger partial charge in [0.2, 0.25) is 11.9 Å². The van der Waals surface area contributed by atoms with E-state index in [1.165, 1.54) is 29.7 Å². The van der Waals surface area contributed by atoms with Crippen LogP contribution >= 0.6 is 11.3 Å². The molecule has 0 bridgehead atoms. The van der Waals surface area contributed by atoms with Gasteiger partial charge in [0.05, 0.1) is 92.7 Å².